The van der Waals surface area contributed by atoms with Crippen molar-refractivity contribution >= 4 is 24.0 Å². The molecule has 1 amide bonds. The molecule has 1 aromatic heterocycles. The summed E-state index contributed by atoms with van der Waals surface area (Å²) < 4.78 is 31.1. The quantitative estimate of drug-likeness (QED) is 0.384. The van der Waals surface area contributed by atoms with Crippen LogP contribution in [0.2, 0.25) is 0 Å². The number of carbonyl (C=O) groups excluding carboxylic acids is 1. The highest BCUT2D eigenvalue weighted by molar-refractivity contribution is 6.48. The van der Waals surface area contributed by atoms with Crippen LogP contribution in [0.1, 0.15) is 63.1 Å². The number of para-hydroxylation sites is 1. The SMILES string of the molecule is CC1(C)[C@@H]2C[C@H]3OB([C@H](Cc4coc5ccccc45)NC(=O)COc4ccc5c(c4)C4(CCOC4)CC5)O[C@@]3(C)[C@H]1C2. The molecule has 42 heavy (non-hydrogen) atoms. The lowest BCUT2D eigenvalue weighted by atomic mass is 9.43. The second kappa shape index (κ2) is 9.60. The Kier molecular flexibility index (Phi) is 6.12. The first kappa shape index (κ1) is 26.8. The Morgan fingerprint density at radius 1 is 1.14 bits per heavy atom. The number of rotatable bonds is 7. The predicted molar refractivity (Wildman–Crippen MR) is 159 cm³/mol. The summed E-state index contributed by atoms with van der Waals surface area (Å²) in [5, 5.41) is 4.28. The molecule has 4 aliphatic carbocycles. The second-order valence-corrected chi connectivity index (χ2v) is 14.2. The highest BCUT2D eigenvalue weighted by Gasteiger charge is 2.68. The van der Waals surface area contributed by atoms with Gasteiger partial charge in [-0.2, -0.15) is 0 Å². The van der Waals surface area contributed by atoms with Gasteiger partial charge in [0, 0.05) is 17.4 Å². The lowest BCUT2D eigenvalue weighted by Gasteiger charge is -2.64. The maximum Gasteiger partial charge on any atom is 0.482 e. The largest absolute Gasteiger partial charge is 0.484 e. The van der Waals surface area contributed by atoms with Crippen molar-refractivity contribution in [3.63, 3.8) is 0 Å². The van der Waals surface area contributed by atoms with Crippen LogP contribution in [0.4, 0.5) is 0 Å². The van der Waals surface area contributed by atoms with Gasteiger partial charge in [-0.1, -0.05) is 38.1 Å². The van der Waals surface area contributed by atoms with E-state index in [4.69, 9.17) is 23.2 Å². The van der Waals surface area contributed by atoms with Crippen molar-refractivity contribution in [2.24, 2.45) is 17.3 Å². The highest BCUT2D eigenvalue weighted by Crippen LogP contribution is 2.65. The van der Waals surface area contributed by atoms with Gasteiger partial charge in [0.25, 0.3) is 5.91 Å². The molecule has 2 bridgehead atoms. The van der Waals surface area contributed by atoms with Gasteiger partial charge >= 0.3 is 7.12 Å². The topological polar surface area (TPSA) is 79.2 Å². The number of hydrogen-bond acceptors (Lipinski definition) is 6. The molecule has 2 saturated heterocycles. The van der Waals surface area contributed by atoms with E-state index in [1.807, 2.05) is 24.3 Å². The monoisotopic (exact) mass is 569 g/mol. The third kappa shape index (κ3) is 4.09. The summed E-state index contributed by atoms with van der Waals surface area (Å²) >= 11 is 0. The molecule has 9 rings (SSSR count). The van der Waals surface area contributed by atoms with Crippen LogP contribution in [-0.2, 0) is 37.1 Å². The minimum atomic E-state index is -0.546. The zero-order valence-electron chi connectivity index (χ0n) is 24.8. The molecular formula is C34H40BNO6. The second-order valence-electron chi connectivity index (χ2n) is 14.2. The van der Waals surface area contributed by atoms with Crippen LogP contribution >= 0.6 is 0 Å². The molecule has 3 aromatic rings. The molecule has 220 valence electrons. The van der Waals surface area contributed by atoms with Crippen molar-refractivity contribution in [2.45, 2.75) is 82.4 Å². The molecule has 6 atom stereocenters. The summed E-state index contributed by atoms with van der Waals surface area (Å²) in [6.07, 6.45) is 7.79. The standard InChI is InChI=1S/C34H40BNO6/c1-32(2)23-15-28(32)33(3)29(16-23)41-35(42-33)30(14-22-18-40-27-7-5-4-6-25(22)27)36-31(37)19-39-24-9-8-21-10-11-34(26(21)17-24)12-13-38-20-34/h4-9,17-18,23,28-30H,10-16,19-20H2,1-3H3,(H,36,37)/t23-,28-,29+,30-,33-,34?/m0/s1. The van der Waals surface area contributed by atoms with Gasteiger partial charge in [0.1, 0.15) is 11.3 Å². The average Bonchev–Trinajstić information content (AvgIpc) is 3.77. The first-order valence-electron chi connectivity index (χ1n) is 15.7. The number of carbonyl (C=O) groups is 1. The van der Waals surface area contributed by atoms with Gasteiger partial charge in [0.15, 0.2) is 6.61 Å². The summed E-state index contributed by atoms with van der Waals surface area (Å²) in [5.41, 5.74) is 4.55. The van der Waals surface area contributed by atoms with E-state index in [1.165, 1.54) is 17.5 Å². The Balaban J connectivity index is 1.00. The van der Waals surface area contributed by atoms with E-state index in [-0.39, 0.29) is 41.0 Å². The first-order chi connectivity index (χ1) is 20.2. The van der Waals surface area contributed by atoms with Crippen molar-refractivity contribution in [2.75, 3.05) is 19.8 Å². The third-order valence-electron chi connectivity index (χ3n) is 11.6. The molecule has 0 radical (unpaired) electrons. The number of aryl methyl sites for hydroxylation is 1. The predicted octanol–water partition coefficient (Wildman–Crippen LogP) is 5.41. The number of benzene rings is 2. The third-order valence-corrected chi connectivity index (χ3v) is 11.6. The molecule has 1 spiro atoms. The molecule has 3 heterocycles. The van der Waals surface area contributed by atoms with Crippen LogP contribution in [0.3, 0.4) is 0 Å². The Labute approximate surface area is 247 Å². The first-order valence-corrected chi connectivity index (χ1v) is 15.7. The lowest BCUT2D eigenvalue weighted by Crippen LogP contribution is -2.65. The van der Waals surface area contributed by atoms with Gasteiger partial charge in [-0.05, 0) is 97.6 Å². The molecule has 5 fully saturated rings. The Morgan fingerprint density at radius 2 is 2.02 bits per heavy atom. The van der Waals surface area contributed by atoms with Gasteiger partial charge in [0.2, 0.25) is 0 Å². The van der Waals surface area contributed by atoms with Gasteiger partial charge < -0.3 is 28.5 Å². The van der Waals surface area contributed by atoms with Crippen molar-refractivity contribution in [3.8, 4) is 5.75 Å². The number of nitrogens with one attached hydrogen (secondary N) is 1. The van der Waals surface area contributed by atoms with E-state index >= 15 is 0 Å². The van der Waals surface area contributed by atoms with E-state index in [1.54, 1.807) is 6.26 Å². The number of hydrogen-bond donors (Lipinski definition) is 1. The molecule has 6 aliphatic rings. The summed E-state index contributed by atoms with van der Waals surface area (Å²) in [6.45, 7) is 8.44. The molecule has 1 unspecified atom stereocenters. The van der Waals surface area contributed by atoms with Gasteiger partial charge in [0.05, 0.1) is 30.5 Å². The van der Waals surface area contributed by atoms with E-state index in [9.17, 15) is 4.79 Å². The lowest BCUT2D eigenvalue weighted by molar-refractivity contribution is -0.199. The molecule has 7 nitrogen and oxygen atoms in total. The fourth-order valence-electron chi connectivity index (χ4n) is 8.99. The molecular weight excluding hydrogens is 529 g/mol. The number of fused-ring (bicyclic) bond motifs is 3. The van der Waals surface area contributed by atoms with Crippen LogP contribution in [0.25, 0.3) is 11.0 Å². The molecule has 3 saturated carbocycles. The summed E-state index contributed by atoms with van der Waals surface area (Å²) in [7, 11) is -0.546. The zero-order valence-corrected chi connectivity index (χ0v) is 24.8. The van der Waals surface area contributed by atoms with Gasteiger partial charge in [-0.15, -0.1) is 0 Å². The van der Waals surface area contributed by atoms with Crippen LogP contribution in [0, 0.1) is 17.3 Å². The van der Waals surface area contributed by atoms with Crippen LogP contribution in [0.15, 0.2) is 53.1 Å². The van der Waals surface area contributed by atoms with E-state index in [0.29, 0.717) is 18.3 Å². The minimum absolute atomic E-state index is 0.0364. The number of furan rings is 1. The van der Waals surface area contributed by atoms with Crippen molar-refractivity contribution in [3.05, 3.63) is 65.4 Å². The maximum absolute atomic E-state index is 13.4. The number of amides is 1. The van der Waals surface area contributed by atoms with Crippen molar-refractivity contribution < 1.29 is 28.0 Å². The summed E-state index contributed by atoms with van der Waals surface area (Å²) in [5.74, 6) is 1.25. The molecule has 8 heteroatoms. The Bertz CT molecular complexity index is 1530. The van der Waals surface area contributed by atoms with Crippen molar-refractivity contribution in [1.29, 1.82) is 0 Å². The molecule has 2 aromatic carbocycles. The Morgan fingerprint density at radius 3 is 2.86 bits per heavy atom. The summed E-state index contributed by atoms with van der Waals surface area (Å²) in [4.78, 5) is 13.4. The fraction of sp³-hybridized carbons (Fsp3) is 0.559. The van der Waals surface area contributed by atoms with Crippen molar-refractivity contribution in [1.82, 2.24) is 5.32 Å². The number of ether oxygens (including phenoxy) is 2. The van der Waals surface area contributed by atoms with E-state index in [0.717, 1.165) is 61.2 Å². The smallest absolute Gasteiger partial charge is 0.482 e. The normalized spacial score (nSPS) is 32.9. The van der Waals surface area contributed by atoms with Gasteiger partial charge in [-0.25, -0.2) is 0 Å². The molecule has 1 N–H and O–H groups in total. The summed E-state index contributed by atoms with van der Waals surface area (Å²) in [6, 6.07) is 14.3. The minimum Gasteiger partial charge on any atom is -0.484 e. The van der Waals surface area contributed by atoms with Crippen LogP contribution < -0.4 is 10.1 Å². The van der Waals surface area contributed by atoms with Crippen LogP contribution in [0.5, 0.6) is 5.75 Å². The fourth-order valence-corrected chi connectivity index (χ4v) is 8.99. The zero-order chi connectivity index (χ0) is 28.7. The highest BCUT2D eigenvalue weighted by atomic mass is 16.7. The van der Waals surface area contributed by atoms with E-state index in [2.05, 4.69) is 44.3 Å². The average molecular weight is 570 g/mol. The molecule has 2 aliphatic heterocycles. The Hall–Kier alpha value is -2.81. The van der Waals surface area contributed by atoms with Crippen LogP contribution in [-0.4, -0.2) is 50.5 Å². The van der Waals surface area contributed by atoms with Gasteiger partial charge in [-0.3, -0.25) is 4.79 Å². The van der Waals surface area contributed by atoms with E-state index < -0.39 is 7.12 Å². The maximum atomic E-state index is 13.4.